The van der Waals surface area contributed by atoms with Crippen molar-refractivity contribution in [3.8, 4) is 12.0 Å². The van der Waals surface area contributed by atoms with Gasteiger partial charge in [-0.3, -0.25) is 9.69 Å². The number of ketones is 1. The lowest BCUT2D eigenvalue weighted by molar-refractivity contribution is 0.0993. The molecule has 35 heavy (non-hydrogen) atoms. The van der Waals surface area contributed by atoms with Gasteiger partial charge >= 0.3 is 0 Å². The van der Waals surface area contributed by atoms with Gasteiger partial charge in [-0.25, -0.2) is 9.97 Å². The van der Waals surface area contributed by atoms with Crippen LogP contribution in [-0.2, 0) is 19.4 Å². The Balaban J connectivity index is 1.22. The van der Waals surface area contributed by atoms with Crippen molar-refractivity contribution >= 4 is 16.7 Å². The van der Waals surface area contributed by atoms with Crippen LogP contribution in [0.1, 0.15) is 56.5 Å². The third kappa shape index (κ3) is 3.60. The van der Waals surface area contributed by atoms with Crippen molar-refractivity contribution in [3.05, 3.63) is 81.8 Å². The molecular weight excluding hydrogens is 440 g/mol. The van der Waals surface area contributed by atoms with Gasteiger partial charge in [0.15, 0.2) is 11.5 Å². The monoisotopic (exact) mass is 464 g/mol. The molecule has 0 fully saturated rings. The fraction of sp³-hybridized carbons (Fsp3) is 0.296. The van der Waals surface area contributed by atoms with Crippen molar-refractivity contribution in [2.24, 2.45) is 0 Å². The summed E-state index contributed by atoms with van der Waals surface area (Å²) in [5.41, 5.74) is 6.98. The molecule has 1 N–H and O–H groups in total. The molecule has 0 saturated carbocycles. The normalized spacial score (nSPS) is 16.2. The number of fused-ring (bicyclic) bond motifs is 3. The molecule has 6 rings (SSSR count). The zero-order valence-corrected chi connectivity index (χ0v) is 19.4. The molecule has 2 aromatic carbocycles. The Labute approximate surface area is 202 Å². The molecule has 0 bridgehead atoms. The number of nitrogens with zero attached hydrogens (tertiary/aromatic N) is 6. The summed E-state index contributed by atoms with van der Waals surface area (Å²) in [4.78, 5) is 23.6. The van der Waals surface area contributed by atoms with Gasteiger partial charge in [0.1, 0.15) is 6.07 Å². The molecule has 1 aliphatic carbocycles. The molecule has 0 radical (unpaired) electrons. The van der Waals surface area contributed by atoms with Crippen LogP contribution >= 0.6 is 0 Å². The van der Waals surface area contributed by atoms with E-state index in [1.54, 1.807) is 4.68 Å². The number of carbonyl (C=O) groups excluding carboxylic acids is 1. The highest BCUT2D eigenvalue weighted by Gasteiger charge is 2.26. The minimum atomic E-state index is -0.627. The first-order valence-electron chi connectivity index (χ1n) is 11.8. The lowest BCUT2D eigenvalue weighted by Crippen LogP contribution is -2.35. The smallest absolute Gasteiger partial charge is 0.251 e. The summed E-state index contributed by atoms with van der Waals surface area (Å²) < 4.78 is 1.63. The van der Waals surface area contributed by atoms with Crippen molar-refractivity contribution in [3.63, 3.8) is 0 Å². The molecule has 3 heterocycles. The van der Waals surface area contributed by atoms with Gasteiger partial charge in [-0.15, -0.1) is 0 Å². The van der Waals surface area contributed by atoms with Crippen molar-refractivity contribution in [1.29, 1.82) is 5.26 Å². The summed E-state index contributed by atoms with van der Waals surface area (Å²) in [5, 5.41) is 25.7. The molecule has 8 heteroatoms. The second kappa shape index (κ2) is 8.38. The summed E-state index contributed by atoms with van der Waals surface area (Å²) in [6.07, 6.45) is 3.26. The Morgan fingerprint density at radius 3 is 2.89 bits per heavy atom. The molecule has 0 amide bonds. The minimum absolute atomic E-state index is 0.197. The van der Waals surface area contributed by atoms with Crippen molar-refractivity contribution in [2.45, 2.75) is 38.8 Å². The van der Waals surface area contributed by atoms with E-state index in [-0.39, 0.29) is 5.78 Å². The molecule has 8 nitrogen and oxygen atoms in total. The Kier molecular flexibility index (Phi) is 5.17. The lowest BCUT2D eigenvalue weighted by Gasteiger charge is -2.30. The van der Waals surface area contributed by atoms with Crippen molar-refractivity contribution in [1.82, 2.24) is 24.6 Å². The third-order valence-corrected chi connectivity index (χ3v) is 7.22. The maximum Gasteiger partial charge on any atom is 0.251 e. The van der Waals surface area contributed by atoms with Crippen LogP contribution in [0.3, 0.4) is 0 Å². The van der Waals surface area contributed by atoms with E-state index in [1.165, 1.54) is 0 Å². The summed E-state index contributed by atoms with van der Waals surface area (Å²) in [6.45, 7) is 3.93. The molecule has 2 aromatic heterocycles. The molecule has 1 unspecified atom stereocenters. The minimum Gasteiger partial charge on any atom is -0.387 e. The molecule has 0 spiro atoms. The van der Waals surface area contributed by atoms with Gasteiger partial charge in [-0.2, -0.15) is 15.0 Å². The second-order valence-corrected chi connectivity index (χ2v) is 9.26. The van der Waals surface area contributed by atoms with Gasteiger partial charge in [0, 0.05) is 55.2 Å². The Morgan fingerprint density at radius 2 is 2.03 bits per heavy atom. The van der Waals surface area contributed by atoms with E-state index >= 15 is 0 Å². The summed E-state index contributed by atoms with van der Waals surface area (Å²) in [6, 6.07) is 13.5. The van der Waals surface area contributed by atoms with Crippen LogP contribution < -0.4 is 0 Å². The van der Waals surface area contributed by atoms with Crippen LogP contribution in [0.25, 0.3) is 16.9 Å². The van der Waals surface area contributed by atoms with Crippen LogP contribution in [0.2, 0.25) is 0 Å². The van der Waals surface area contributed by atoms with Crippen molar-refractivity contribution in [2.75, 3.05) is 13.1 Å². The molecule has 1 atom stereocenters. The number of hydrogen-bond acceptors (Lipinski definition) is 7. The highest BCUT2D eigenvalue weighted by Crippen LogP contribution is 2.31. The maximum atomic E-state index is 12.0. The molecule has 2 aliphatic rings. The predicted molar refractivity (Wildman–Crippen MR) is 129 cm³/mol. The molecular formula is C27H24N6O2. The first kappa shape index (κ1) is 21.6. The number of aromatic nitrogens is 4. The number of rotatable bonds is 4. The largest absolute Gasteiger partial charge is 0.387 e. The lowest BCUT2D eigenvalue weighted by atomic mass is 9.95. The molecule has 1 aliphatic heterocycles. The van der Waals surface area contributed by atoms with Gasteiger partial charge in [-0.05, 0) is 42.2 Å². The first-order chi connectivity index (χ1) is 17.0. The van der Waals surface area contributed by atoms with Gasteiger partial charge < -0.3 is 5.11 Å². The standard InChI is InChI=1S/C27H24N6O2/c1-16-18-8-9-25(34)20(18)7-6-19(16)26(35)15-32-11-10-22-17(14-32)13-29-27(30-22)33-24-5-3-2-4-21(24)23(12-28)31-33/h2-7,13,26,35H,8-11,14-15H2,1H3. The highest BCUT2D eigenvalue weighted by atomic mass is 16.3. The van der Waals surface area contributed by atoms with Gasteiger partial charge in [0.25, 0.3) is 5.95 Å². The summed E-state index contributed by atoms with van der Waals surface area (Å²) in [7, 11) is 0. The SMILES string of the molecule is Cc1c(C(O)CN2CCc3nc(-n4nc(C#N)c5ccccc54)ncc3C2)ccc2c1CCC2=O. The Morgan fingerprint density at radius 1 is 1.17 bits per heavy atom. The molecule has 4 aromatic rings. The summed E-state index contributed by atoms with van der Waals surface area (Å²) in [5.74, 6) is 0.654. The molecule has 0 saturated heterocycles. The zero-order valence-electron chi connectivity index (χ0n) is 19.4. The van der Waals surface area contributed by atoms with E-state index in [1.807, 2.05) is 49.5 Å². The number of β-amino-alcohol motifs (C(OH)–C–C–N with tert-alkyl or cyclic N) is 1. The highest BCUT2D eigenvalue weighted by molar-refractivity contribution is 6.00. The number of aliphatic hydroxyl groups is 1. The van der Waals surface area contributed by atoms with E-state index in [2.05, 4.69) is 21.1 Å². The van der Waals surface area contributed by atoms with Gasteiger partial charge in [0.05, 0.1) is 17.3 Å². The Bertz CT molecular complexity index is 1530. The van der Waals surface area contributed by atoms with Gasteiger partial charge in [-0.1, -0.05) is 24.3 Å². The number of benzene rings is 2. The van der Waals surface area contributed by atoms with Crippen LogP contribution in [0.5, 0.6) is 0 Å². The zero-order chi connectivity index (χ0) is 24.1. The average molecular weight is 465 g/mol. The number of nitriles is 1. The average Bonchev–Trinajstić information content (AvgIpc) is 3.45. The molecule has 174 valence electrons. The predicted octanol–water partition coefficient (Wildman–Crippen LogP) is 3.22. The van der Waals surface area contributed by atoms with E-state index in [4.69, 9.17) is 4.98 Å². The van der Waals surface area contributed by atoms with Crippen LogP contribution in [0.4, 0.5) is 0 Å². The van der Waals surface area contributed by atoms with E-state index in [0.717, 1.165) is 63.8 Å². The van der Waals surface area contributed by atoms with Crippen LogP contribution in [0, 0.1) is 18.3 Å². The van der Waals surface area contributed by atoms with Gasteiger partial charge in [0.2, 0.25) is 0 Å². The van der Waals surface area contributed by atoms with E-state index in [9.17, 15) is 15.2 Å². The number of carbonyl (C=O) groups is 1. The first-order valence-corrected chi connectivity index (χ1v) is 11.8. The Hall–Kier alpha value is -3.93. The van der Waals surface area contributed by atoms with E-state index in [0.29, 0.717) is 31.2 Å². The topological polar surface area (TPSA) is 108 Å². The fourth-order valence-corrected chi connectivity index (χ4v) is 5.36. The summed E-state index contributed by atoms with van der Waals surface area (Å²) >= 11 is 0. The number of aliphatic hydroxyl groups excluding tert-OH is 1. The number of hydrogen-bond donors (Lipinski definition) is 1. The number of Topliss-reactive ketones (excluding diaryl/α,β-unsaturated/α-hetero) is 1. The quantitative estimate of drug-likeness (QED) is 0.494. The van der Waals surface area contributed by atoms with Crippen LogP contribution in [0.15, 0.2) is 42.6 Å². The number of para-hydroxylation sites is 1. The van der Waals surface area contributed by atoms with E-state index < -0.39 is 6.10 Å². The van der Waals surface area contributed by atoms with Crippen LogP contribution in [-0.4, -0.2) is 48.6 Å². The third-order valence-electron chi connectivity index (χ3n) is 7.22. The van der Waals surface area contributed by atoms with Crippen molar-refractivity contribution < 1.29 is 9.90 Å². The fourth-order valence-electron chi connectivity index (χ4n) is 5.36. The second-order valence-electron chi connectivity index (χ2n) is 9.26. The maximum absolute atomic E-state index is 12.0.